The predicted octanol–water partition coefficient (Wildman–Crippen LogP) is 3.76. The van der Waals surface area contributed by atoms with Crippen molar-refractivity contribution in [2.45, 2.75) is 45.4 Å². The van der Waals surface area contributed by atoms with E-state index in [1.54, 1.807) is 0 Å². The van der Waals surface area contributed by atoms with E-state index in [9.17, 15) is 4.79 Å². The number of carbonyl (C=O) groups excluding carboxylic acids is 1. The van der Waals surface area contributed by atoms with Crippen LogP contribution in [-0.4, -0.2) is 10.9 Å². The molecular weight excluding hydrogens is 302 g/mol. The minimum atomic E-state index is -0.181. The summed E-state index contributed by atoms with van der Waals surface area (Å²) in [5.74, 6) is 6.35. The smallest absolute Gasteiger partial charge is 0.237 e. The second-order valence-corrected chi connectivity index (χ2v) is 6.73. The molecule has 24 heavy (non-hydrogen) atoms. The van der Waals surface area contributed by atoms with Gasteiger partial charge in [0.2, 0.25) is 5.91 Å². The van der Waals surface area contributed by atoms with Crippen molar-refractivity contribution in [3.63, 3.8) is 0 Å². The van der Waals surface area contributed by atoms with Crippen molar-refractivity contribution in [3.8, 4) is 0 Å². The quantitative estimate of drug-likeness (QED) is 0.461. The van der Waals surface area contributed by atoms with Crippen LogP contribution in [0.15, 0.2) is 29.2 Å². The summed E-state index contributed by atoms with van der Waals surface area (Å²) in [6.07, 6.45) is 4.02. The van der Waals surface area contributed by atoms with Gasteiger partial charge in [0, 0.05) is 11.8 Å². The number of oxazole rings is 1. The number of aromatic nitrogens is 1. The number of hydrazine groups is 1. The lowest BCUT2D eigenvalue weighted by molar-refractivity contribution is -0.126. The van der Waals surface area contributed by atoms with Crippen molar-refractivity contribution >= 4 is 22.6 Å². The normalized spacial score (nSPS) is 16.8. The molecule has 3 rings (SSSR count). The Morgan fingerprint density at radius 1 is 1.50 bits per heavy atom. The Hall–Kier alpha value is -2.14. The van der Waals surface area contributed by atoms with Gasteiger partial charge in [-0.1, -0.05) is 32.9 Å². The third-order valence-electron chi connectivity index (χ3n) is 4.93. The summed E-state index contributed by atoms with van der Waals surface area (Å²) in [6, 6.07) is 5.95. The van der Waals surface area contributed by atoms with Gasteiger partial charge in [-0.25, -0.2) is 10.8 Å². The van der Waals surface area contributed by atoms with Gasteiger partial charge in [0.05, 0.1) is 0 Å². The van der Waals surface area contributed by atoms with Crippen molar-refractivity contribution in [2.75, 3.05) is 0 Å². The van der Waals surface area contributed by atoms with Crippen LogP contribution in [0.3, 0.4) is 0 Å². The number of hydrogen-bond acceptors (Lipinski definition) is 4. The zero-order valence-electron chi connectivity index (χ0n) is 14.3. The number of amides is 1. The average molecular weight is 327 g/mol. The number of fused-ring (bicyclic) bond motifs is 1. The zero-order chi connectivity index (χ0) is 17.3. The standard InChI is InChI=1S/C19H25N3O2/c1-4-5-15(18(23)22-20)12(3)11(2)14-8-9-16-17(10-14)24-19(21-16)13-6-7-13/h8-10,12-13,15H,2,4-7,20H2,1,3H3,(H,22,23)/t12-,15+/m0/s1. The van der Waals surface area contributed by atoms with Crippen LogP contribution < -0.4 is 11.3 Å². The molecule has 2 aromatic rings. The van der Waals surface area contributed by atoms with E-state index in [2.05, 4.69) is 23.9 Å². The van der Waals surface area contributed by atoms with Crippen LogP contribution >= 0.6 is 0 Å². The Morgan fingerprint density at radius 2 is 2.25 bits per heavy atom. The van der Waals surface area contributed by atoms with Gasteiger partial charge in [-0.3, -0.25) is 10.2 Å². The van der Waals surface area contributed by atoms with E-state index in [0.717, 1.165) is 53.8 Å². The summed E-state index contributed by atoms with van der Waals surface area (Å²) < 4.78 is 5.89. The Bertz CT molecular complexity index is 761. The number of benzene rings is 1. The largest absolute Gasteiger partial charge is 0.440 e. The SMILES string of the molecule is C=C(c1ccc2nc(C3CC3)oc2c1)[C@H](C)[C@@H](CCC)C(=O)NN. The van der Waals surface area contributed by atoms with Crippen LogP contribution in [0.5, 0.6) is 0 Å². The maximum Gasteiger partial charge on any atom is 0.237 e. The lowest BCUT2D eigenvalue weighted by atomic mass is 9.81. The molecule has 0 unspecified atom stereocenters. The van der Waals surface area contributed by atoms with Crippen molar-refractivity contribution in [1.82, 2.24) is 10.4 Å². The van der Waals surface area contributed by atoms with Crippen LogP contribution in [0.2, 0.25) is 0 Å². The highest BCUT2D eigenvalue weighted by atomic mass is 16.3. The maximum atomic E-state index is 12.1. The first-order valence-corrected chi connectivity index (χ1v) is 8.65. The van der Waals surface area contributed by atoms with E-state index >= 15 is 0 Å². The third-order valence-corrected chi connectivity index (χ3v) is 4.93. The van der Waals surface area contributed by atoms with Gasteiger partial charge in [-0.2, -0.15) is 0 Å². The molecule has 3 N–H and O–H groups in total. The summed E-state index contributed by atoms with van der Waals surface area (Å²) in [6.45, 7) is 8.31. The van der Waals surface area contributed by atoms with Gasteiger partial charge in [-0.15, -0.1) is 0 Å². The zero-order valence-corrected chi connectivity index (χ0v) is 14.3. The van der Waals surface area contributed by atoms with Crippen molar-refractivity contribution < 1.29 is 9.21 Å². The number of nitrogens with one attached hydrogen (secondary N) is 1. The highest BCUT2D eigenvalue weighted by molar-refractivity contribution is 5.83. The fourth-order valence-electron chi connectivity index (χ4n) is 3.18. The van der Waals surface area contributed by atoms with E-state index in [1.807, 2.05) is 25.1 Å². The fraction of sp³-hybridized carbons (Fsp3) is 0.474. The minimum Gasteiger partial charge on any atom is -0.440 e. The van der Waals surface area contributed by atoms with Crippen LogP contribution in [0.4, 0.5) is 0 Å². The first-order chi connectivity index (χ1) is 11.5. The Balaban J connectivity index is 1.84. The fourth-order valence-corrected chi connectivity index (χ4v) is 3.18. The van der Waals surface area contributed by atoms with E-state index in [0.29, 0.717) is 5.92 Å². The molecule has 1 amide bonds. The molecule has 0 aliphatic heterocycles. The van der Waals surface area contributed by atoms with Gasteiger partial charge in [-0.05, 0) is 48.4 Å². The molecule has 0 saturated heterocycles. The molecule has 1 aliphatic carbocycles. The molecule has 0 radical (unpaired) electrons. The topological polar surface area (TPSA) is 81.2 Å². The summed E-state index contributed by atoms with van der Waals surface area (Å²) >= 11 is 0. The third kappa shape index (κ3) is 3.22. The highest BCUT2D eigenvalue weighted by Gasteiger charge is 2.29. The van der Waals surface area contributed by atoms with Crippen LogP contribution in [0, 0.1) is 11.8 Å². The molecule has 128 valence electrons. The summed E-state index contributed by atoms with van der Waals surface area (Å²) in [5, 5.41) is 0. The second kappa shape index (κ2) is 6.77. The van der Waals surface area contributed by atoms with Gasteiger partial charge in [0.25, 0.3) is 0 Å². The molecule has 5 nitrogen and oxygen atoms in total. The molecule has 1 fully saturated rings. The molecule has 1 aromatic heterocycles. The number of allylic oxidation sites excluding steroid dienone is 1. The number of hydrogen-bond donors (Lipinski definition) is 2. The lowest BCUT2D eigenvalue weighted by Gasteiger charge is -2.24. The molecular formula is C19H25N3O2. The molecule has 5 heteroatoms. The summed E-state index contributed by atoms with van der Waals surface area (Å²) in [4.78, 5) is 16.6. The number of rotatable bonds is 7. The number of carbonyl (C=O) groups is 1. The first-order valence-electron chi connectivity index (χ1n) is 8.65. The van der Waals surface area contributed by atoms with Crippen molar-refractivity contribution in [3.05, 3.63) is 36.2 Å². The second-order valence-electron chi connectivity index (χ2n) is 6.73. The van der Waals surface area contributed by atoms with Gasteiger partial charge >= 0.3 is 0 Å². The molecule has 1 heterocycles. The Morgan fingerprint density at radius 3 is 2.88 bits per heavy atom. The van der Waals surface area contributed by atoms with Crippen LogP contribution in [0.1, 0.15) is 56.9 Å². The van der Waals surface area contributed by atoms with Crippen LogP contribution in [0.25, 0.3) is 16.7 Å². The monoisotopic (exact) mass is 327 g/mol. The number of nitrogens with zero attached hydrogens (tertiary/aromatic N) is 1. The van der Waals surface area contributed by atoms with E-state index < -0.39 is 0 Å². The molecule has 1 aliphatic rings. The predicted molar refractivity (Wildman–Crippen MR) is 94.9 cm³/mol. The Kier molecular flexibility index (Phi) is 4.71. The van der Waals surface area contributed by atoms with E-state index in [-0.39, 0.29) is 17.7 Å². The summed E-state index contributed by atoms with van der Waals surface area (Å²) in [7, 11) is 0. The highest BCUT2D eigenvalue weighted by Crippen LogP contribution is 2.41. The first kappa shape index (κ1) is 16.7. The van der Waals surface area contributed by atoms with E-state index in [4.69, 9.17) is 10.3 Å². The van der Waals surface area contributed by atoms with Gasteiger partial charge < -0.3 is 4.42 Å². The lowest BCUT2D eigenvalue weighted by Crippen LogP contribution is -2.38. The average Bonchev–Trinajstić information content (AvgIpc) is 3.36. The molecule has 0 spiro atoms. The summed E-state index contributed by atoms with van der Waals surface area (Å²) in [5.41, 5.74) is 5.86. The number of nitrogens with two attached hydrogens (primary N) is 1. The van der Waals surface area contributed by atoms with Gasteiger partial charge in [0.1, 0.15) is 5.52 Å². The van der Waals surface area contributed by atoms with Crippen molar-refractivity contribution in [1.29, 1.82) is 0 Å². The van der Waals surface area contributed by atoms with Crippen LogP contribution in [-0.2, 0) is 4.79 Å². The molecule has 1 aromatic carbocycles. The van der Waals surface area contributed by atoms with E-state index in [1.165, 1.54) is 0 Å². The Labute approximate surface area is 142 Å². The molecule has 2 atom stereocenters. The maximum absolute atomic E-state index is 12.1. The van der Waals surface area contributed by atoms with Gasteiger partial charge in [0.15, 0.2) is 11.5 Å². The minimum absolute atomic E-state index is 0.00299. The molecule has 0 bridgehead atoms. The molecule has 1 saturated carbocycles. The van der Waals surface area contributed by atoms with Crippen molar-refractivity contribution in [2.24, 2.45) is 17.7 Å².